The summed E-state index contributed by atoms with van der Waals surface area (Å²) in [5, 5.41) is 1.84. The molecule has 1 aliphatic heterocycles. The monoisotopic (exact) mass is 331 g/mol. The summed E-state index contributed by atoms with van der Waals surface area (Å²) in [6.07, 6.45) is 0. The maximum atomic E-state index is 12.6. The van der Waals surface area contributed by atoms with Crippen LogP contribution in [0.1, 0.15) is 30.2 Å². The van der Waals surface area contributed by atoms with Crippen molar-refractivity contribution in [2.45, 2.75) is 19.8 Å². The second-order valence-corrected chi connectivity index (χ2v) is 6.68. The zero-order valence-electron chi connectivity index (χ0n) is 12.2. The van der Waals surface area contributed by atoms with E-state index < -0.39 is 5.91 Å². The number of anilines is 1. The molecule has 1 aliphatic rings. The van der Waals surface area contributed by atoms with E-state index in [1.165, 1.54) is 11.3 Å². The molecule has 1 aromatic carbocycles. The third-order valence-corrected chi connectivity index (χ3v) is 4.85. The number of amides is 2. The molecule has 2 amide bonds. The summed E-state index contributed by atoms with van der Waals surface area (Å²) in [7, 11) is 0. The lowest BCUT2D eigenvalue weighted by Crippen LogP contribution is -2.31. The van der Waals surface area contributed by atoms with Crippen LogP contribution in [0.4, 0.5) is 5.69 Å². The number of rotatable bonds is 3. The standard InChI is InChI=1S/C17H14ClNO2S/c1-10(2)11-5-7-12(8-6-11)19-16(20)14(15(18)17(19)21)13-4-3-9-22-13/h3-10H,1-2H3. The van der Waals surface area contributed by atoms with E-state index in [0.29, 0.717) is 16.5 Å². The number of hydrogen-bond acceptors (Lipinski definition) is 3. The Balaban J connectivity index is 1.97. The van der Waals surface area contributed by atoms with Gasteiger partial charge in [-0.1, -0.05) is 43.6 Å². The number of thiophene rings is 1. The first-order valence-corrected chi connectivity index (χ1v) is 8.19. The van der Waals surface area contributed by atoms with Crippen molar-refractivity contribution in [1.82, 2.24) is 0 Å². The first-order chi connectivity index (χ1) is 10.5. The van der Waals surface area contributed by atoms with Crippen LogP contribution in [0, 0.1) is 0 Å². The molecular weight excluding hydrogens is 318 g/mol. The van der Waals surface area contributed by atoms with E-state index in [1.807, 2.05) is 23.6 Å². The second kappa shape index (κ2) is 5.71. The molecule has 0 radical (unpaired) electrons. The number of halogens is 1. The SMILES string of the molecule is CC(C)c1ccc(N2C(=O)C(Cl)=C(c3cccs3)C2=O)cc1. The van der Waals surface area contributed by atoms with Gasteiger partial charge in [0, 0.05) is 4.88 Å². The molecule has 5 heteroatoms. The van der Waals surface area contributed by atoms with E-state index in [4.69, 9.17) is 11.6 Å². The predicted octanol–water partition coefficient (Wildman–Crippen LogP) is 4.39. The van der Waals surface area contributed by atoms with Gasteiger partial charge < -0.3 is 0 Å². The molecule has 0 fully saturated rings. The van der Waals surface area contributed by atoms with Gasteiger partial charge in [-0.15, -0.1) is 11.3 Å². The molecule has 112 valence electrons. The molecule has 0 saturated heterocycles. The van der Waals surface area contributed by atoms with Gasteiger partial charge in [0.25, 0.3) is 11.8 Å². The highest BCUT2D eigenvalue weighted by atomic mass is 35.5. The molecule has 1 aromatic heterocycles. The van der Waals surface area contributed by atoms with Crippen molar-refractivity contribution in [2.75, 3.05) is 4.90 Å². The highest BCUT2D eigenvalue weighted by Crippen LogP contribution is 2.36. The lowest BCUT2D eigenvalue weighted by molar-refractivity contribution is -0.119. The van der Waals surface area contributed by atoms with Gasteiger partial charge in [-0.05, 0) is 35.1 Å². The lowest BCUT2D eigenvalue weighted by Gasteiger charge is -2.15. The van der Waals surface area contributed by atoms with Gasteiger partial charge in [-0.2, -0.15) is 0 Å². The van der Waals surface area contributed by atoms with Crippen LogP contribution in [0.15, 0.2) is 46.8 Å². The van der Waals surface area contributed by atoms with Gasteiger partial charge in [0.2, 0.25) is 0 Å². The van der Waals surface area contributed by atoms with Crippen molar-refractivity contribution >= 4 is 46.0 Å². The zero-order valence-corrected chi connectivity index (χ0v) is 13.7. The normalized spacial score (nSPS) is 15.4. The van der Waals surface area contributed by atoms with Crippen molar-refractivity contribution in [2.24, 2.45) is 0 Å². The van der Waals surface area contributed by atoms with Crippen molar-refractivity contribution < 1.29 is 9.59 Å². The summed E-state index contributed by atoms with van der Waals surface area (Å²) in [5.41, 5.74) is 1.99. The van der Waals surface area contributed by atoms with Crippen molar-refractivity contribution in [3.8, 4) is 0 Å². The Hall–Kier alpha value is -1.91. The highest BCUT2D eigenvalue weighted by molar-refractivity contribution is 7.11. The van der Waals surface area contributed by atoms with Crippen molar-refractivity contribution in [3.63, 3.8) is 0 Å². The van der Waals surface area contributed by atoms with Gasteiger partial charge in [-0.3, -0.25) is 9.59 Å². The average molecular weight is 332 g/mol. The Bertz CT molecular complexity index is 760. The van der Waals surface area contributed by atoms with E-state index in [1.54, 1.807) is 18.2 Å². The molecule has 0 spiro atoms. The van der Waals surface area contributed by atoms with Gasteiger partial charge in [0.05, 0.1) is 11.3 Å². The van der Waals surface area contributed by atoms with E-state index in [2.05, 4.69) is 13.8 Å². The smallest absolute Gasteiger partial charge is 0.268 e. The van der Waals surface area contributed by atoms with Crippen LogP contribution in [0.2, 0.25) is 0 Å². The summed E-state index contributed by atoms with van der Waals surface area (Å²) in [6, 6.07) is 11.0. The minimum atomic E-state index is -0.465. The Morgan fingerprint density at radius 1 is 1.05 bits per heavy atom. The predicted molar refractivity (Wildman–Crippen MR) is 90.1 cm³/mol. The topological polar surface area (TPSA) is 37.4 Å². The van der Waals surface area contributed by atoms with Gasteiger partial charge in [0.15, 0.2) is 0 Å². The van der Waals surface area contributed by atoms with Crippen molar-refractivity contribution in [1.29, 1.82) is 0 Å². The van der Waals surface area contributed by atoms with Gasteiger partial charge in [0.1, 0.15) is 5.03 Å². The van der Waals surface area contributed by atoms with E-state index in [-0.39, 0.29) is 16.5 Å². The van der Waals surface area contributed by atoms with Crippen LogP contribution in [0.3, 0.4) is 0 Å². The molecular formula is C17H14ClNO2S. The number of nitrogens with zero attached hydrogens (tertiary/aromatic N) is 1. The third-order valence-electron chi connectivity index (χ3n) is 3.61. The fraction of sp³-hybridized carbons (Fsp3) is 0.176. The maximum Gasteiger partial charge on any atom is 0.277 e. The summed E-state index contributed by atoms with van der Waals surface area (Å²) >= 11 is 7.51. The fourth-order valence-corrected chi connectivity index (χ4v) is 3.47. The summed E-state index contributed by atoms with van der Waals surface area (Å²) < 4.78 is 0. The maximum absolute atomic E-state index is 12.6. The van der Waals surface area contributed by atoms with Crippen LogP contribution in [-0.2, 0) is 9.59 Å². The Morgan fingerprint density at radius 3 is 2.27 bits per heavy atom. The molecule has 3 nitrogen and oxygen atoms in total. The largest absolute Gasteiger partial charge is 0.277 e. The van der Waals surface area contributed by atoms with Gasteiger partial charge >= 0.3 is 0 Å². The number of carbonyl (C=O) groups is 2. The zero-order chi connectivity index (χ0) is 15.9. The van der Waals surface area contributed by atoms with Crippen LogP contribution in [0.5, 0.6) is 0 Å². The summed E-state index contributed by atoms with van der Waals surface area (Å²) in [4.78, 5) is 26.8. The molecule has 0 N–H and O–H groups in total. The highest BCUT2D eigenvalue weighted by Gasteiger charge is 2.39. The minimum absolute atomic E-state index is 0.0135. The number of benzene rings is 1. The van der Waals surface area contributed by atoms with E-state index in [9.17, 15) is 9.59 Å². The molecule has 0 aliphatic carbocycles. The summed E-state index contributed by atoms with van der Waals surface area (Å²) in [6.45, 7) is 4.18. The molecule has 0 atom stereocenters. The minimum Gasteiger partial charge on any atom is -0.268 e. The molecule has 2 heterocycles. The quantitative estimate of drug-likeness (QED) is 0.782. The molecule has 0 unspecified atom stereocenters. The van der Waals surface area contributed by atoms with E-state index in [0.717, 1.165) is 10.5 Å². The number of hydrogen-bond donors (Lipinski definition) is 0. The molecule has 2 aromatic rings. The van der Waals surface area contributed by atoms with Crippen LogP contribution in [-0.4, -0.2) is 11.8 Å². The third kappa shape index (κ3) is 2.38. The molecule has 0 bridgehead atoms. The number of carbonyl (C=O) groups excluding carboxylic acids is 2. The lowest BCUT2D eigenvalue weighted by atomic mass is 10.0. The average Bonchev–Trinajstić information content (AvgIpc) is 3.08. The fourth-order valence-electron chi connectivity index (χ4n) is 2.38. The molecule has 22 heavy (non-hydrogen) atoms. The van der Waals surface area contributed by atoms with Crippen molar-refractivity contribution in [3.05, 3.63) is 57.3 Å². The second-order valence-electron chi connectivity index (χ2n) is 5.36. The van der Waals surface area contributed by atoms with Crippen LogP contribution in [0.25, 0.3) is 5.57 Å². The Kier molecular flexibility index (Phi) is 3.89. The van der Waals surface area contributed by atoms with Crippen LogP contribution >= 0.6 is 22.9 Å². The molecule has 3 rings (SSSR count). The Labute approximate surface area is 137 Å². The van der Waals surface area contributed by atoms with Crippen LogP contribution < -0.4 is 4.90 Å². The summed E-state index contributed by atoms with van der Waals surface area (Å²) in [5.74, 6) is -0.440. The number of imide groups is 1. The molecule has 0 saturated carbocycles. The van der Waals surface area contributed by atoms with Gasteiger partial charge in [-0.25, -0.2) is 4.90 Å². The first-order valence-electron chi connectivity index (χ1n) is 6.93. The van der Waals surface area contributed by atoms with E-state index >= 15 is 0 Å². The first kappa shape index (κ1) is 15.0. The Morgan fingerprint density at radius 2 is 1.73 bits per heavy atom.